The van der Waals surface area contributed by atoms with Crippen molar-refractivity contribution < 1.29 is 9.53 Å². The first-order valence-corrected chi connectivity index (χ1v) is 7.76. The molecule has 0 spiro atoms. The Morgan fingerprint density at radius 3 is 2.60 bits per heavy atom. The van der Waals surface area contributed by atoms with Crippen LogP contribution in [0.2, 0.25) is 0 Å². The Morgan fingerprint density at radius 2 is 2.10 bits per heavy atom. The van der Waals surface area contributed by atoms with E-state index in [1.807, 2.05) is 25.7 Å². The van der Waals surface area contributed by atoms with Crippen LogP contribution in [-0.4, -0.2) is 60.8 Å². The molecule has 1 aliphatic heterocycles. The number of ether oxygens (including phenoxy) is 1. The standard InChI is InChI=1S/C15H31N3O2/c1-5-7-18(14(19)20-15(2,3)4)10-9-17-8-6-13(11-16)12-17/h13H,5-12,16H2,1-4H3. The highest BCUT2D eigenvalue weighted by Gasteiger charge is 2.24. The molecular formula is C15H31N3O2. The first kappa shape index (κ1) is 17.2. The van der Waals surface area contributed by atoms with E-state index in [2.05, 4.69) is 11.8 Å². The van der Waals surface area contributed by atoms with Crippen LogP contribution in [0, 0.1) is 5.92 Å². The molecule has 0 saturated carbocycles. The van der Waals surface area contributed by atoms with E-state index in [4.69, 9.17) is 10.5 Å². The van der Waals surface area contributed by atoms with Crippen LogP contribution in [-0.2, 0) is 4.74 Å². The lowest BCUT2D eigenvalue weighted by molar-refractivity contribution is 0.0235. The van der Waals surface area contributed by atoms with Gasteiger partial charge < -0.3 is 20.3 Å². The van der Waals surface area contributed by atoms with Crippen LogP contribution in [0.15, 0.2) is 0 Å². The van der Waals surface area contributed by atoms with Gasteiger partial charge in [-0.2, -0.15) is 0 Å². The zero-order valence-electron chi connectivity index (χ0n) is 13.5. The number of rotatable bonds is 6. The van der Waals surface area contributed by atoms with Crippen LogP contribution in [0.3, 0.4) is 0 Å². The molecule has 118 valence electrons. The Labute approximate surface area is 123 Å². The molecule has 0 aliphatic carbocycles. The number of carbonyl (C=O) groups is 1. The smallest absolute Gasteiger partial charge is 0.410 e. The number of hydrogen-bond acceptors (Lipinski definition) is 4. The molecule has 5 nitrogen and oxygen atoms in total. The van der Waals surface area contributed by atoms with Gasteiger partial charge in [0.2, 0.25) is 0 Å². The Kier molecular flexibility index (Phi) is 6.76. The molecule has 0 aromatic rings. The molecule has 1 fully saturated rings. The monoisotopic (exact) mass is 285 g/mol. The summed E-state index contributed by atoms with van der Waals surface area (Å²) in [6, 6.07) is 0. The Bertz CT molecular complexity index is 302. The van der Waals surface area contributed by atoms with E-state index < -0.39 is 5.60 Å². The van der Waals surface area contributed by atoms with Crippen molar-refractivity contribution in [1.29, 1.82) is 0 Å². The summed E-state index contributed by atoms with van der Waals surface area (Å²) in [5.41, 5.74) is 5.28. The van der Waals surface area contributed by atoms with E-state index in [0.29, 0.717) is 5.92 Å². The van der Waals surface area contributed by atoms with Gasteiger partial charge in [0, 0.05) is 26.2 Å². The topological polar surface area (TPSA) is 58.8 Å². The zero-order chi connectivity index (χ0) is 15.2. The van der Waals surface area contributed by atoms with Crippen LogP contribution in [0.1, 0.15) is 40.5 Å². The molecule has 1 heterocycles. The van der Waals surface area contributed by atoms with Gasteiger partial charge in [0.15, 0.2) is 0 Å². The average molecular weight is 285 g/mol. The van der Waals surface area contributed by atoms with E-state index in [1.165, 1.54) is 6.42 Å². The molecule has 0 aromatic carbocycles. The molecule has 1 unspecified atom stereocenters. The molecule has 1 saturated heterocycles. The van der Waals surface area contributed by atoms with Gasteiger partial charge in [-0.3, -0.25) is 0 Å². The molecule has 20 heavy (non-hydrogen) atoms. The molecule has 1 amide bonds. The van der Waals surface area contributed by atoms with Gasteiger partial charge in [-0.1, -0.05) is 6.92 Å². The molecule has 1 rings (SSSR count). The van der Waals surface area contributed by atoms with E-state index in [1.54, 1.807) is 0 Å². The van der Waals surface area contributed by atoms with Crippen molar-refractivity contribution in [3.8, 4) is 0 Å². The van der Waals surface area contributed by atoms with Crippen molar-refractivity contribution in [2.75, 3.05) is 39.3 Å². The third kappa shape index (κ3) is 6.09. The second-order valence-electron chi connectivity index (χ2n) is 6.66. The average Bonchev–Trinajstić information content (AvgIpc) is 2.80. The molecule has 1 aliphatic rings. The van der Waals surface area contributed by atoms with Crippen molar-refractivity contribution >= 4 is 6.09 Å². The van der Waals surface area contributed by atoms with E-state index in [9.17, 15) is 4.79 Å². The fourth-order valence-electron chi connectivity index (χ4n) is 2.46. The van der Waals surface area contributed by atoms with Crippen molar-refractivity contribution in [3.63, 3.8) is 0 Å². The number of nitrogens with two attached hydrogens (primary N) is 1. The minimum atomic E-state index is -0.429. The third-order valence-corrected chi connectivity index (χ3v) is 3.53. The van der Waals surface area contributed by atoms with Crippen molar-refractivity contribution in [1.82, 2.24) is 9.80 Å². The lowest BCUT2D eigenvalue weighted by Crippen LogP contribution is -2.41. The molecule has 0 aromatic heterocycles. The van der Waals surface area contributed by atoms with Gasteiger partial charge in [-0.05, 0) is 52.6 Å². The normalized spacial score (nSPS) is 20.1. The molecule has 5 heteroatoms. The molecular weight excluding hydrogens is 254 g/mol. The summed E-state index contributed by atoms with van der Waals surface area (Å²) in [7, 11) is 0. The van der Waals surface area contributed by atoms with Gasteiger partial charge in [0.25, 0.3) is 0 Å². The predicted molar refractivity (Wildman–Crippen MR) is 81.7 cm³/mol. The van der Waals surface area contributed by atoms with Crippen LogP contribution in [0.25, 0.3) is 0 Å². The number of hydrogen-bond donors (Lipinski definition) is 1. The summed E-state index contributed by atoms with van der Waals surface area (Å²) in [5, 5.41) is 0. The lowest BCUT2D eigenvalue weighted by atomic mass is 10.1. The van der Waals surface area contributed by atoms with Gasteiger partial charge in [-0.25, -0.2) is 4.79 Å². The number of carbonyl (C=O) groups excluding carboxylic acids is 1. The second-order valence-corrected chi connectivity index (χ2v) is 6.66. The number of likely N-dealkylation sites (tertiary alicyclic amines) is 1. The molecule has 2 N–H and O–H groups in total. The SMILES string of the molecule is CCCN(CCN1CCC(CN)C1)C(=O)OC(C)(C)C. The Morgan fingerprint density at radius 1 is 1.40 bits per heavy atom. The summed E-state index contributed by atoms with van der Waals surface area (Å²) in [6.07, 6.45) is 1.93. The van der Waals surface area contributed by atoms with E-state index in [-0.39, 0.29) is 6.09 Å². The van der Waals surface area contributed by atoms with E-state index >= 15 is 0 Å². The van der Waals surface area contributed by atoms with Gasteiger partial charge in [-0.15, -0.1) is 0 Å². The lowest BCUT2D eigenvalue weighted by Gasteiger charge is -2.28. The minimum Gasteiger partial charge on any atom is -0.444 e. The molecule has 1 atom stereocenters. The highest BCUT2D eigenvalue weighted by Crippen LogP contribution is 2.15. The van der Waals surface area contributed by atoms with Crippen molar-refractivity contribution in [2.24, 2.45) is 11.7 Å². The fraction of sp³-hybridized carbons (Fsp3) is 0.933. The van der Waals surface area contributed by atoms with Crippen LogP contribution in [0.4, 0.5) is 4.79 Å². The van der Waals surface area contributed by atoms with Gasteiger partial charge in [0.1, 0.15) is 5.60 Å². The van der Waals surface area contributed by atoms with Crippen LogP contribution in [0.5, 0.6) is 0 Å². The summed E-state index contributed by atoms with van der Waals surface area (Å²) in [6.45, 7) is 13.1. The minimum absolute atomic E-state index is 0.200. The predicted octanol–water partition coefficient (Wildman–Crippen LogP) is 1.91. The summed E-state index contributed by atoms with van der Waals surface area (Å²) < 4.78 is 5.46. The first-order valence-electron chi connectivity index (χ1n) is 7.76. The summed E-state index contributed by atoms with van der Waals surface area (Å²) >= 11 is 0. The van der Waals surface area contributed by atoms with Crippen LogP contribution >= 0.6 is 0 Å². The molecule has 0 bridgehead atoms. The molecule has 0 radical (unpaired) electrons. The highest BCUT2D eigenvalue weighted by atomic mass is 16.6. The van der Waals surface area contributed by atoms with Gasteiger partial charge >= 0.3 is 6.09 Å². The third-order valence-electron chi connectivity index (χ3n) is 3.53. The largest absolute Gasteiger partial charge is 0.444 e. The first-order chi connectivity index (χ1) is 9.35. The Balaban J connectivity index is 2.41. The van der Waals surface area contributed by atoms with Crippen LogP contribution < -0.4 is 5.73 Å². The quantitative estimate of drug-likeness (QED) is 0.810. The summed E-state index contributed by atoms with van der Waals surface area (Å²) in [4.78, 5) is 16.4. The van der Waals surface area contributed by atoms with Gasteiger partial charge in [0.05, 0.1) is 0 Å². The zero-order valence-corrected chi connectivity index (χ0v) is 13.5. The summed E-state index contributed by atoms with van der Waals surface area (Å²) in [5.74, 6) is 0.621. The van der Waals surface area contributed by atoms with E-state index in [0.717, 1.165) is 45.7 Å². The number of nitrogens with zero attached hydrogens (tertiary/aromatic N) is 2. The maximum atomic E-state index is 12.1. The van der Waals surface area contributed by atoms with Crippen molar-refractivity contribution in [3.05, 3.63) is 0 Å². The van der Waals surface area contributed by atoms with Crippen molar-refractivity contribution in [2.45, 2.75) is 46.1 Å². The second kappa shape index (κ2) is 7.84. The maximum absolute atomic E-state index is 12.1. The number of amides is 1. The fourth-order valence-corrected chi connectivity index (χ4v) is 2.46. The maximum Gasteiger partial charge on any atom is 0.410 e. The highest BCUT2D eigenvalue weighted by molar-refractivity contribution is 5.68. The Hall–Kier alpha value is -0.810.